The highest BCUT2D eigenvalue weighted by Crippen LogP contribution is 2.47. The van der Waals surface area contributed by atoms with Gasteiger partial charge in [-0.25, -0.2) is 9.98 Å². The molecule has 3 heterocycles. The molecule has 1 spiro atoms. The molecular weight excluding hydrogens is 392 g/mol. The Labute approximate surface area is 174 Å². The number of carbonyl (C=O) groups excluding carboxylic acids is 1. The van der Waals surface area contributed by atoms with Crippen LogP contribution in [0.25, 0.3) is 11.3 Å². The molecule has 1 amide bonds. The van der Waals surface area contributed by atoms with Crippen LogP contribution in [0, 0.1) is 0 Å². The number of guanidine groups is 1. The van der Waals surface area contributed by atoms with Crippen molar-refractivity contribution in [2.45, 2.75) is 30.9 Å². The Balaban J connectivity index is 1.79. The van der Waals surface area contributed by atoms with Crippen molar-refractivity contribution in [3.63, 3.8) is 0 Å². The highest BCUT2D eigenvalue weighted by Gasteiger charge is 2.53. The second-order valence-electron chi connectivity index (χ2n) is 7.33. The maximum atomic E-state index is 13.2. The molecular formula is C21H23ClN4O3. The van der Waals surface area contributed by atoms with E-state index in [0.29, 0.717) is 35.2 Å². The molecule has 29 heavy (non-hydrogen) atoms. The Morgan fingerprint density at radius 2 is 2.21 bits per heavy atom. The Hall–Kier alpha value is -2.64. The summed E-state index contributed by atoms with van der Waals surface area (Å²) < 4.78 is 11.4. The van der Waals surface area contributed by atoms with Crippen LogP contribution in [0.5, 0.6) is 5.75 Å². The first-order chi connectivity index (χ1) is 13.9. The minimum atomic E-state index is -1.08. The number of likely N-dealkylation sites (N-methyl/N-ethyl adjacent to an activating group) is 1. The highest BCUT2D eigenvalue weighted by atomic mass is 35.5. The number of carbonyl (C=O) groups is 1. The van der Waals surface area contributed by atoms with Crippen LogP contribution in [-0.2, 0) is 15.1 Å². The van der Waals surface area contributed by atoms with Gasteiger partial charge in [0.25, 0.3) is 5.91 Å². The van der Waals surface area contributed by atoms with E-state index in [9.17, 15) is 4.79 Å². The monoisotopic (exact) mass is 414 g/mol. The molecule has 0 radical (unpaired) electrons. The van der Waals surface area contributed by atoms with Gasteiger partial charge in [0.05, 0.1) is 5.69 Å². The number of rotatable bonds is 5. The van der Waals surface area contributed by atoms with Crippen molar-refractivity contribution in [3.05, 3.63) is 47.1 Å². The first-order valence-electron chi connectivity index (χ1n) is 9.51. The predicted molar refractivity (Wildman–Crippen MR) is 111 cm³/mol. The van der Waals surface area contributed by atoms with E-state index in [-0.39, 0.29) is 18.0 Å². The molecule has 0 bridgehead atoms. The molecule has 1 aromatic heterocycles. The summed E-state index contributed by atoms with van der Waals surface area (Å²) in [5.41, 5.74) is 7.21. The summed E-state index contributed by atoms with van der Waals surface area (Å²) in [4.78, 5) is 23.7. The summed E-state index contributed by atoms with van der Waals surface area (Å²) in [5.74, 6) is 0.710. The van der Waals surface area contributed by atoms with E-state index in [1.807, 2.05) is 30.3 Å². The lowest BCUT2D eigenvalue weighted by molar-refractivity contribution is -0.132. The molecule has 2 atom stereocenters. The summed E-state index contributed by atoms with van der Waals surface area (Å²) in [5, 5.41) is 0.406. The number of methoxy groups -OCH3 is 1. The van der Waals surface area contributed by atoms with E-state index in [1.54, 1.807) is 20.2 Å². The Morgan fingerprint density at radius 3 is 2.90 bits per heavy atom. The van der Waals surface area contributed by atoms with Gasteiger partial charge in [0.15, 0.2) is 11.5 Å². The molecule has 4 rings (SSSR count). The lowest BCUT2D eigenvalue weighted by Crippen LogP contribution is -2.45. The number of halogens is 1. The highest BCUT2D eigenvalue weighted by molar-refractivity contribution is 6.29. The molecule has 2 aliphatic heterocycles. The number of aromatic nitrogens is 1. The third-order valence-corrected chi connectivity index (χ3v) is 5.65. The number of hydrogen-bond acceptors (Lipinski definition) is 6. The molecule has 0 saturated carbocycles. The van der Waals surface area contributed by atoms with Crippen LogP contribution < -0.4 is 10.5 Å². The second-order valence-corrected chi connectivity index (χ2v) is 7.72. The van der Waals surface area contributed by atoms with Gasteiger partial charge in [-0.15, -0.1) is 0 Å². The molecule has 7 nitrogen and oxygen atoms in total. The maximum Gasteiger partial charge on any atom is 0.261 e. The van der Waals surface area contributed by atoms with Crippen molar-refractivity contribution in [1.29, 1.82) is 0 Å². The zero-order valence-electron chi connectivity index (χ0n) is 16.4. The van der Waals surface area contributed by atoms with Gasteiger partial charge in [-0.1, -0.05) is 17.7 Å². The third kappa shape index (κ3) is 3.45. The average Bonchev–Trinajstić information content (AvgIpc) is 2.92. The van der Waals surface area contributed by atoms with Crippen molar-refractivity contribution in [3.8, 4) is 17.0 Å². The molecule has 1 aromatic carbocycles. The number of aliphatic imine (C=N–C) groups is 1. The Bertz CT molecular complexity index is 980. The normalized spacial score (nSPS) is 23.1. The number of pyridine rings is 1. The van der Waals surface area contributed by atoms with Crippen LogP contribution >= 0.6 is 11.6 Å². The van der Waals surface area contributed by atoms with Gasteiger partial charge in [-0.2, -0.15) is 0 Å². The molecule has 2 N–H and O–H groups in total. The van der Waals surface area contributed by atoms with Crippen LogP contribution in [0.3, 0.4) is 0 Å². The largest absolute Gasteiger partial charge is 0.490 e. The van der Waals surface area contributed by atoms with Crippen molar-refractivity contribution in [2.24, 2.45) is 10.7 Å². The Morgan fingerprint density at radius 1 is 1.38 bits per heavy atom. The van der Waals surface area contributed by atoms with Gasteiger partial charge in [0.1, 0.15) is 17.0 Å². The number of ether oxygens (including phenoxy) is 2. The summed E-state index contributed by atoms with van der Waals surface area (Å²) in [6, 6.07) is 11.1. The smallest absolute Gasteiger partial charge is 0.261 e. The molecule has 0 fully saturated rings. The molecule has 8 heteroatoms. The fourth-order valence-electron chi connectivity index (χ4n) is 3.97. The predicted octanol–water partition coefficient (Wildman–Crippen LogP) is 2.96. The summed E-state index contributed by atoms with van der Waals surface area (Å²) in [7, 11) is 3.32. The van der Waals surface area contributed by atoms with Crippen LogP contribution in [0.4, 0.5) is 0 Å². The fraction of sp³-hybridized carbons (Fsp3) is 0.381. The van der Waals surface area contributed by atoms with E-state index in [1.165, 1.54) is 4.90 Å². The Kier molecular flexibility index (Phi) is 5.19. The number of benzene rings is 1. The topological polar surface area (TPSA) is 90.0 Å². The van der Waals surface area contributed by atoms with Gasteiger partial charge < -0.3 is 15.2 Å². The van der Waals surface area contributed by atoms with Crippen molar-refractivity contribution >= 4 is 23.5 Å². The lowest BCUT2D eigenvalue weighted by Gasteiger charge is -2.37. The molecule has 0 saturated heterocycles. The molecule has 2 aliphatic rings. The van der Waals surface area contributed by atoms with Crippen LogP contribution in [0.2, 0.25) is 5.15 Å². The van der Waals surface area contributed by atoms with Crippen molar-refractivity contribution in [1.82, 2.24) is 9.88 Å². The van der Waals surface area contributed by atoms with E-state index in [0.717, 1.165) is 18.4 Å². The molecule has 0 unspecified atom stereocenters. The van der Waals surface area contributed by atoms with Gasteiger partial charge >= 0.3 is 0 Å². The van der Waals surface area contributed by atoms with Crippen LogP contribution in [-0.4, -0.2) is 48.6 Å². The molecule has 2 aromatic rings. The number of fused-ring (bicyclic) bond motifs is 2. The molecule has 0 aliphatic carbocycles. The number of hydrogen-bond donors (Lipinski definition) is 1. The van der Waals surface area contributed by atoms with E-state index in [4.69, 9.17) is 26.8 Å². The first kappa shape index (κ1) is 19.7. The van der Waals surface area contributed by atoms with Crippen molar-refractivity contribution < 1.29 is 14.3 Å². The zero-order valence-corrected chi connectivity index (χ0v) is 17.1. The summed E-state index contributed by atoms with van der Waals surface area (Å²) in [6.45, 7) is 0.637. The number of nitrogens with two attached hydrogens (primary N) is 1. The molecule has 152 valence electrons. The van der Waals surface area contributed by atoms with Crippen molar-refractivity contribution in [2.75, 3.05) is 20.8 Å². The van der Waals surface area contributed by atoms with Gasteiger partial charge in [-0.05, 0) is 43.2 Å². The standard InChI is InChI=1S/C21H23ClN4O3/c1-26-19(27)21(25-20(26)23)12-14(5-4-10-28-2)29-17-9-8-13(11-15(17)21)16-6-3-7-18(22)24-16/h3,6-9,11,14H,4-5,10,12H2,1-2H3,(H2,23,25)/t14-,21+/m1/s1. The zero-order chi connectivity index (χ0) is 20.6. The average molecular weight is 415 g/mol. The van der Waals surface area contributed by atoms with E-state index < -0.39 is 5.54 Å². The van der Waals surface area contributed by atoms with Crippen LogP contribution in [0.1, 0.15) is 24.8 Å². The lowest BCUT2D eigenvalue weighted by atomic mass is 9.80. The van der Waals surface area contributed by atoms with Gasteiger partial charge in [0.2, 0.25) is 0 Å². The van der Waals surface area contributed by atoms with E-state index >= 15 is 0 Å². The number of amides is 1. The SMILES string of the molecule is COCCC[C@@H]1C[C@]2(N=C(N)N(C)C2=O)c2cc(-c3cccc(Cl)n3)ccc2O1. The quantitative estimate of drug-likeness (QED) is 0.600. The van der Waals surface area contributed by atoms with Crippen LogP contribution in [0.15, 0.2) is 41.4 Å². The van der Waals surface area contributed by atoms with E-state index in [2.05, 4.69) is 9.98 Å². The minimum Gasteiger partial charge on any atom is -0.490 e. The van der Waals surface area contributed by atoms with Gasteiger partial charge in [-0.3, -0.25) is 9.69 Å². The summed E-state index contributed by atoms with van der Waals surface area (Å²) >= 11 is 6.05. The maximum absolute atomic E-state index is 13.2. The number of nitrogens with zero attached hydrogens (tertiary/aromatic N) is 3. The minimum absolute atomic E-state index is 0.146. The first-order valence-corrected chi connectivity index (χ1v) is 9.89. The third-order valence-electron chi connectivity index (χ3n) is 5.43. The summed E-state index contributed by atoms with van der Waals surface area (Å²) in [6.07, 6.45) is 1.87. The second kappa shape index (κ2) is 7.65. The fourth-order valence-corrected chi connectivity index (χ4v) is 4.13. The van der Waals surface area contributed by atoms with Gasteiger partial charge in [0, 0.05) is 38.3 Å².